The van der Waals surface area contributed by atoms with Crippen LogP contribution >= 0.6 is 11.6 Å². The number of amides is 1. The second kappa shape index (κ2) is 7.59. The van der Waals surface area contributed by atoms with E-state index in [0.717, 1.165) is 50.5 Å². The van der Waals surface area contributed by atoms with Crippen molar-refractivity contribution in [3.63, 3.8) is 0 Å². The highest BCUT2D eigenvalue weighted by molar-refractivity contribution is 6.33. The fourth-order valence-electron chi connectivity index (χ4n) is 3.93. The summed E-state index contributed by atoms with van der Waals surface area (Å²) in [4.78, 5) is 19.0. The number of hydrogen-bond donors (Lipinski definition) is 0. The lowest BCUT2D eigenvalue weighted by Gasteiger charge is -2.37. The van der Waals surface area contributed by atoms with Crippen LogP contribution in [0.5, 0.6) is 0 Å². The Bertz CT molecular complexity index is 899. The molecule has 0 aromatic heterocycles. The van der Waals surface area contributed by atoms with E-state index in [2.05, 4.69) is 21.9 Å². The number of nitrogens with zero attached hydrogens (tertiary/aromatic N) is 4. The van der Waals surface area contributed by atoms with Gasteiger partial charge in [0.15, 0.2) is 0 Å². The quantitative estimate of drug-likeness (QED) is 0.821. The lowest BCUT2D eigenvalue weighted by molar-refractivity contribution is -0.119. The Labute approximate surface area is 164 Å². The maximum Gasteiger partial charge on any atom is 0.241 e. The van der Waals surface area contributed by atoms with Crippen LogP contribution in [-0.4, -0.2) is 50.1 Å². The molecule has 2 aliphatic rings. The van der Waals surface area contributed by atoms with Gasteiger partial charge in [-0.1, -0.05) is 35.9 Å². The molecule has 0 N–H and O–H groups in total. The standard InChI is InChI=1S/C21H21ClN4O/c22-18-6-3-5-17(14-23)21(18)25-12-10-24(11-13-25)15-20(27)26-9-8-16-4-1-2-7-19(16)26/h1-7H,8-13,15H2. The number of benzene rings is 2. The summed E-state index contributed by atoms with van der Waals surface area (Å²) in [6.07, 6.45) is 0.930. The van der Waals surface area contributed by atoms with E-state index in [1.54, 1.807) is 12.1 Å². The first kappa shape index (κ1) is 17.8. The predicted octanol–water partition coefficient (Wildman–Crippen LogP) is 2.92. The number of fused-ring (bicyclic) bond motifs is 1. The van der Waals surface area contributed by atoms with E-state index < -0.39 is 0 Å². The zero-order valence-corrected chi connectivity index (χ0v) is 15.8. The predicted molar refractivity (Wildman–Crippen MR) is 107 cm³/mol. The zero-order chi connectivity index (χ0) is 18.8. The molecule has 2 aliphatic heterocycles. The molecule has 2 heterocycles. The summed E-state index contributed by atoms with van der Waals surface area (Å²) in [5.74, 6) is 0.156. The minimum Gasteiger partial charge on any atom is -0.367 e. The van der Waals surface area contributed by atoms with Gasteiger partial charge in [0.25, 0.3) is 0 Å². The first-order chi connectivity index (χ1) is 13.2. The third-order valence-electron chi connectivity index (χ3n) is 5.34. The van der Waals surface area contributed by atoms with Crippen molar-refractivity contribution in [2.45, 2.75) is 6.42 Å². The lowest BCUT2D eigenvalue weighted by atomic mass is 10.1. The maximum absolute atomic E-state index is 12.8. The van der Waals surface area contributed by atoms with E-state index in [-0.39, 0.29) is 5.91 Å². The highest BCUT2D eigenvalue weighted by atomic mass is 35.5. The van der Waals surface area contributed by atoms with E-state index in [1.807, 2.05) is 29.2 Å². The van der Waals surface area contributed by atoms with Crippen molar-refractivity contribution < 1.29 is 4.79 Å². The molecule has 6 heteroatoms. The summed E-state index contributed by atoms with van der Waals surface area (Å²) in [5.41, 5.74) is 3.70. The molecule has 27 heavy (non-hydrogen) atoms. The molecule has 0 radical (unpaired) electrons. The van der Waals surface area contributed by atoms with Crippen LogP contribution in [0.1, 0.15) is 11.1 Å². The highest BCUT2D eigenvalue weighted by Gasteiger charge is 2.27. The number of para-hydroxylation sites is 2. The third kappa shape index (κ3) is 3.51. The van der Waals surface area contributed by atoms with Crippen molar-refractivity contribution in [3.8, 4) is 6.07 Å². The molecule has 0 unspecified atom stereocenters. The molecule has 4 rings (SSSR count). The van der Waals surface area contributed by atoms with Gasteiger partial charge >= 0.3 is 0 Å². The number of halogens is 1. The first-order valence-electron chi connectivity index (χ1n) is 9.21. The van der Waals surface area contributed by atoms with E-state index >= 15 is 0 Å². The zero-order valence-electron chi connectivity index (χ0n) is 15.1. The normalized spacial score (nSPS) is 16.9. The Morgan fingerprint density at radius 3 is 2.59 bits per heavy atom. The molecule has 5 nitrogen and oxygen atoms in total. The largest absolute Gasteiger partial charge is 0.367 e. The van der Waals surface area contributed by atoms with Gasteiger partial charge in [-0.05, 0) is 30.2 Å². The number of piperazine rings is 1. The second-order valence-corrected chi connectivity index (χ2v) is 7.34. The minimum atomic E-state index is 0.156. The van der Waals surface area contributed by atoms with Crippen LogP contribution in [0.4, 0.5) is 11.4 Å². The SMILES string of the molecule is N#Cc1cccc(Cl)c1N1CCN(CC(=O)N2CCc3ccccc32)CC1. The van der Waals surface area contributed by atoms with E-state index in [4.69, 9.17) is 11.6 Å². The van der Waals surface area contributed by atoms with Crippen molar-refractivity contribution in [3.05, 3.63) is 58.6 Å². The van der Waals surface area contributed by atoms with Crippen LogP contribution in [0.3, 0.4) is 0 Å². The summed E-state index contributed by atoms with van der Waals surface area (Å²) >= 11 is 6.33. The molecule has 2 aromatic rings. The monoisotopic (exact) mass is 380 g/mol. The van der Waals surface area contributed by atoms with E-state index in [9.17, 15) is 10.1 Å². The number of rotatable bonds is 3. The van der Waals surface area contributed by atoms with Gasteiger partial charge in [0.05, 0.1) is 22.8 Å². The van der Waals surface area contributed by atoms with Crippen LogP contribution in [0.2, 0.25) is 5.02 Å². The molecule has 138 valence electrons. The van der Waals surface area contributed by atoms with Crippen molar-refractivity contribution in [2.24, 2.45) is 0 Å². The average molecular weight is 381 g/mol. The molecule has 1 saturated heterocycles. The van der Waals surface area contributed by atoms with Gasteiger partial charge in [0.1, 0.15) is 6.07 Å². The van der Waals surface area contributed by atoms with Crippen LogP contribution in [-0.2, 0) is 11.2 Å². The van der Waals surface area contributed by atoms with Gasteiger partial charge in [0, 0.05) is 38.4 Å². The molecule has 0 spiro atoms. The van der Waals surface area contributed by atoms with Crippen molar-refractivity contribution in [1.82, 2.24) is 4.90 Å². The third-order valence-corrected chi connectivity index (χ3v) is 5.65. The smallest absolute Gasteiger partial charge is 0.241 e. The second-order valence-electron chi connectivity index (χ2n) is 6.94. The van der Waals surface area contributed by atoms with Crippen LogP contribution in [0.15, 0.2) is 42.5 Å². The molecule has 0 atom stereocenters. The molecule has 0 saturated carbocycles. The molecule has 1 amide bonds. The van der Waals surface area contributed by atoms with Crippen LogP contribution < -0.4 is 9.80 Å². The van der Waals surface area contributed by atoms with E-state index in [0.29, 0.717) is 17.1 Å². The Hall–Kier alpha value is -2.55. The Balaban J connectivity index is 1.38. The maximum atomic E-state index is 12.8. The van der Waals surface area contributed by atoms with Crippen LogP contribution in [0, 0.1) is 11.3 Å². The molecule has 1 fully saturated rings. The first-order valence-corrected chi connectivity index (χ1v) is 9.59. The minimum absolute atomic E-state index is 0.156. The summed E-state index contributed by atoms with van der Waals surface area (Å²) in [7, 11) is 0. The fourth-order valence-corrected chi connectivity index (χ4v) is 4.22. The summed E-state index contributed by atoms with van der Waals surface area (Å²) in [5, 5.41) is 9.95. The number of anilines is 2. The molecule has 0 bridgehead atoms. The highest BCUT2D eigenvalue weighted by Crippen LogP contribution is 2.31. The van der Waals surface area contributed by atoms with E-state index in [1.165, 1.54) is 5.56 Å². The average Bonchev–Trinajstić information content (AvgIpc) is 3.13. The molecular formula is C21H21ClN4O. The van der Waals surface area contributed by atoms with Crippen molar-refractivity contribution in [2.75, 3.05) is 49.1 Å². The van der Waals surface area contributed by atoms with Crippen molar-refractivity contribution in [1.29, 1.82) is 5.26 Å². The summed E-state index contributed by atoms with van der Waals surface area (Å²) in [6, 6.07) is 15.8. The Morgan fingerprint density at radius 1 is 1.04 bits per heavy atom. The topological polar surface area (TPSA) is 50.6 Å². The number of nitriles is 1. The Kier molecular flexibility index (Phi) is 5.02. The van der Waals surface area contributed by atoms with Crippen molar-refractivity contribution >= 4 is 28.9 Å². The molecule has 0 aliphatic carbocycles. The van der Waals surface area contributed by atoms with Gasteiger partial charge in [-0.2, -0.15) is 5.26 Å². The number of carbonyl (C=O) groups is 1. The van der Waals surface area contributed by atoms with Gasteiger partial charge < -0.3 is 9.80 Å². The summed E-state index contributed by atoms with van der Waals surface area (Å²) in [6.45, 7) is 4.25. The van der Waals surface area contributed by atoms with Gasteiger partial charge in [-0.25, -0.2) is 0 Å². The summed E-state index contributed by atoms with van der Waals surface area (Å²) < 4.78 is 0. The van der Waals surface area contributed by atoms with Gasteiger partial charge in [-0.15, -0.1) is 0 Å². The molecule has 2 aromatic carbocycles. The fraction of sp³-hybridized carbons (Fsp3) is 0.333. The lowest BCUT2D eigenvalue weighted by Crippen LogP contribution is -2.50. The number of carbonyl (C=O) groups excluding carboxylic acids is 1. The Morgan fingerprint density at radius 2 is 1.81 bits per heavy atom. The number of hydrogen-bond acceptors (Lipinski definition) is 4. The van der Waals surface area contributed by atoms with Gasteiger partial charge in [-0.3, -0.25) is 9.69 Å². The van der Waals surface area contributed by atoms with Gasteiger partial charge in [0.2, 0.25) is 5.91 Å². The van der Waals surface area contributed by atoms with Crippen LogP contribution in [0.25, 0.3) is 0 Å². The molecular weight excluding hydrogens is 360 g/mol.